The second-order valence-corrected chi connectivity index (χ2v) is 9.49. The summed E-state index contributed by atoms with van der Waals surface area (Å²) in [4.78, 5) is 0. The first-order valence-corrected chi connectivity index (χ1v) is 8.24. The minimum atomic E-state index is 0.105. The van der Waals surface area contributed by atoms with Crippen molar-refractivity contribution in [2.75, 3.05) is 0 Å². The lowest BCUT2D eigenvalue weighted by Crippen LogP contribution is -2.44. The summed E-state index contributed by atoms with van der Waals surface area (Å²) in [5.74, 6) is 3.39. The molecule has 1 saturated heterocycles. The molecule has 2 aliphatic carbocycles. The molecule has 1 aliphatic heterocycles. The van der Waals surface area contributed by atoms with Crippen LogP contribution in [0.4, 0.5) is 0 Å². The van der Waals surface area contributed by atoms with Gasteiger partial charge in [-0.2, -0.15) is 0 Å². The van der Waals surface area contributed by atoms with Gasteiger partial charge in [0.15, 0.2) is 0 Å². The molecule has 2 saturated carbocycles. The smallest absolute Gasteiger partial charge is 0.0668 e. The molecule has 0 amide bonds. The molecule has 1 nitrogen and oxygen atoms in total. The van der Waals surface area contributed by atoms with Crippen LogP contribution >= 0.6 is 0 Å². The van der Waals surface area contributed by atoms with Gasteiger partial charge in [-0.1, -0.05) is 34.6 Å². The lowest BCUT2D eigenvalue weighted by atomic mass is 9.56. The van der Waals surface area contributed by atoms with Crippen molar-refractivity contribution in [1.29, 1.82) is 0 Å². The SMILES string of the molecule is CC1C2C(CCC1(C)C)C1CC(C)(C)OC1C2(C)C. The quantitative estimate of drug-likeness (QED) is 0.605. The maximum absolute atomic E-state index is 6.50. The van der Waals surface area contributed by atoms with E-state index in [-0.39, 0.29) is 5.60 Å². The Hall–Kier alpha value is -0.0400. The second kappa shape index (κ2) is 3.78. The summed E-state index contributed by atoms with van der Waals surface area (Å²) in [6.45, 7) is 17.0. The van der Waals surface area contributed by atoms with Gasteiger partial charge in [0.25, 0.3) is 0 Å². The maximum atomic E-state index is 6.50. The molecule has 0 aromatic heterocycles. The summed E-state index contributed by atoms with van der Waals surface area (Å²) in [6.07, 6.45) is 4.59. The van der Waals surface area contributed by atoms with Gasteiger partial charge < -0.3 is 4.74 Å². The van der Waals surface area contributed by atoms with Crippen LogP contribution in [0.1, 0.15) is 67.7 Å². The molecule has 0 spiro atoms. The molecule has 5 atom stereocenters. The van der Waals surface area contributed by atoms with Gasteiger partial charge in [0.1, 0.15) is 0 Å². The zero-order valence-electron chi connectivity index (χ0n) is 13.9. The van der Waals surface area contributed by atoms with E-state index in [9.17, 15) is 0 Å². The van der Waals surface area contributed by atoms with Gasteiger partial charge in [-0.15, -0.1) is 0 Å². The summed E-state index contributed by atoms with van der Waals surface area (Å²) in [5, 5.41) is 0. The molecule has 3 aliphatic rings. The predicted octanol–water partition coefficient (Wildman–Crippen LogP) is 4.90. The summed E-state index contributed by atoms with van der Waals surface area (Å²) >= 11 is 0. The zero-order chi connectivity index (χ0) is 14.2. The second-order valence-electron chi connectivity index (χ2n) is 9.49. The van der Waals surface area contributed by atoms with E-state index in [2.05, 4.69) is 48.5 Å². The van der Waals surface area contributed by atoms with Crippen LogP contribution in [0.25, 0.3) is 0 Å². The minimum Gasteiger partial charge on any atom is -0.371 e. The van der Waals surface area contributed by atoms with E-state index >= 15 is 0 Å². The Morgan fingerprint density at radius 2 is 1.58 bits per heavy atom. The number of hydrogen-bond donors (Lipinski definition) is 0. The van der Waals surface area contributed by atoms with Gasteiger partial charge in [0.05, 0.1) is 11.7 Å². The summed E-state index contributed by atoms with van der Waals surface area (Å²) < 4.78 is 6.50. The Kier molecular flexibility index (Phi) is 2.77. The predicted molar refractivity (Wildman–Crippen MR) is 80.0 cm³/mol. The lowest BCUT2D eigenvalue weighted by molar-refractivity contribution is -0.0914. The molecular formula is C18H32O. The van der Waals surface area contributed by atoms with Crippen molar-refractivity contribution in [3.8, 4) is 0 Å². The van der Waals surface area contributed by atoms with Crippen molar-refractivity contribution in [1.82, 2.24) is 0 Å². The Morgan fingerprint density at radius 3 is 2.21 bits per heavy atom. The van der Waals surface area contributed by atoms with E-state index in [0.29, 0.717) is 16.9 Å². The molecule has 0 radical (unpaired) electrons. The molecule has 0 N–H and O–H groups in total. The highest BCUT2D eigenvalue weighted by Gasteiger charge is 2.64. The number of fused-ring (bicyclic) bond motifs is 3. The maximum Gasteiger partial charge on any atom is 0.0668 e. The average Bonchev–Trinajstić information content (AvgIpc) is 2.66. The van der Waals surface area contributed by atoms with Gasteiger partial charge in [0, 0.05) is 0 Å². The van der Waals surface area contributed by atoms with Crippen LogP contribution in [-0.2, 0) is 4.74 Å². The van der Waals surface area contributed by atoms with Crippen molar-refractivity contribution >= 4 is 0 Å². The Balaban J connectivity index is 1.96. The normalized spacial score (nSPS) is 49.7. The standard InChI is InChI=1S/C18H32O/c1-11-14-12(8-9-16(11,2)3)13-10-17(4,5)19-15(13)18(14,6)7/h11-15H,8-10H2,1-7H3. The fourth-order valence-corrected chi connectivity index (χ4v) is 5.90. The molecule has 5 unspecified atom stereocenters. The molecule has 0 bridgehead atoms. The van der Waals surface area contributed by atoms with E-state index in [1.165, 1.54) is 19.3 Å². The van der Waals surface area contributed by atoms with E-state index in [0.717, 1.165) is 23.7 Å². The van der Waals surface area contributed by atoms with Crippen LogP contribution in [0.2, 0.25) is 0 Å². The molecule has 110 valence electrons. The van der Waals surface area contributed by atoms with Crippen LogP contribution in [0.5, 0.6) is 0 Å². The largest absolute Gasteiger partial charge is 0.371 e. The average molecular weight is 264 g/mol. The molecule has 3 fully saturated rings. The molecular weight excluding hydrogens is 232 g/mol. The minimum absolute atomic E-state index is 0.105. The van der Waals surface area contributed by atoms with Gasteiger partial charge in [-0.05, 0) is 67.6 Å². The van der Waals surface area contributed by atoms with Crippen molar-refractivity contribution < 1.29 is 4.74 Å². The monoisotopic (exact) mass is 264 g/mol. The third-order valence-electron chi connectivity index (χ3n) is 7.06. The number of rotatable bonds is 0. The molecule has 0 aromatic carbocycles. The van der Waals surface area contributed by atoms with Crippen LogP contribution in [0.15, 0.2) is 0 Å². The first-order chi connectivity index (χ1) is 8.56. The van der Waals surface area contributed by atoms with Crippen LogP contribution < -0.4 is 0 Å². The highest BCUT2D eigenvalue weighted by atomic mass is 16.5. The highest BCUT2D eigenvalue weighted by molar-refractivity contribution is 5.12. The third-order valence-corrected chi connectivity index (χ3v) is 7.06. The third kappa shape index (κ3) is 1.83. The highest BCUT2D eigenvalue weighted by Crippen LogP contribution is 2.66. The van der Waals surface area contributed by atoms with Gasteiger partial charge >= 0.3 is 0 Å². The first kappa shape index (κ1) is 13.9. The Bertz CT molecular complexity index is 379. The van der Waals surface area contributed by atoms with Crippen molar-refractivity contribution in [2.45, 2.75) is 79.4 Å². The Labute approximate surface area is 119 Å². The molecule has 0 aromatic rings. The molecule has 1 heterocycles. The van der Waals surface area contributed by atoms with Crippen molar-refractivity contribution in [3.63, 3.8) is 0 Å². The van der Waals surface area contributed by atoms with Crippen LogP contribution in [0, 0.1) is 34.5 Å². The first-order valence-electron chi connectivity index (χ1n) is 8.24. The van der Waals surface area contributed by atoms with Gasteiger partial charge in [0.2, 0.25) is 0 Å². The van der Waals surface area contributed by atoms with Crippen molar-refractivity contribution in [3.05, 3.63) is 0 Å². The molecule has 3 rings (SSSR count). The summed E-state index contributed by atoms with van der Waals surface area (Å²) in [5.41, 5.74) is 0.959. The number of ether oxygens (including phenoxy) is 1. The van der Waals surface area contributed by atoms with E-state index in [1.807, 2.05) is 0 Å². The van der Waals surface area contributed by atoms with E-state index in [4.69, 9.17) is 4.74 Å². The Morgan fingerprint density at radius 1 is 0.947 bits per heavy atom. The van der Waals surface area contributed by atoms with Crippen LogP contribution in [-0.4, -0.2) is 11.7 Å². The lowest BCUT2D eigenvalue weighted by Gasteiger charge is -2.50. The number of hydrogen-bond acceptors (Lipinski definition) is 1. The van der Waals surface area contributed by atoms with Gasteiger partial charge in [-0.25, -0.2) is 0 Å². The van der Waals surface area contributed by atoms with Crippen LogP contribution in [0.3, 0.4) is 0 Å². The molecule has 19 heavy (non-hydrogen) atoms. The van der Waals surface area contributed by atoms with Crippen molar-refractivity contribution in [2.24, 2.45) is 34.5 Å². The zero-order valence-corrected chi connectivity index (χ0v) is 13.9. The van der Waals surface area contributed by atoms with Gasteiger partial charge in [-0.3, -0.25) is 0 Å². The topological polar surface area (TPSA) is 9.23 Å². The van der Waals surface area contributed by atoms with E-state index < -0.39 is 0 Å². The summed E-state index contributed by atoms with van der Waals surface area (Å²) in [6, 6.07) is 0. The fraction of sp³-hybridized carbons (Fsp3) is 1.00. The van der Waals surface area contributed by atoms with E-state index in [1.54, 1.807) is 0 Å². The fourth-order valence-electron chi connectivity index (χ4n) is 5.90. The summed E-state index contributed by atoms with van der Waals surface area (Å²) in [7, 11) is 0. The molecule has 1 heteroatoms.